The molecule has 1 amide bonds. The first-order valence-corrected chi connectivity index (χ1v) is 6.87. The lowest BCUT2D eigenvalue weighted by molar-refractivity contribution is 0.0924. The Labute approximate surface area is 105 Å². The number of fused-ring (bicyclic) bond motifs is 1. The average Bonchev–Trinajstić information content (AvgIpc) is 2.75. The van der Waals surface area contributed by atoms with Crippen LogP contribution in [0.15, 0.2) is 6.07 Å². The van der Waals surface area contributed by atoms with Crippen molar-refractivity contribution in [2.75, 3.05) is 5.88 Å². The van der Waals surface area contributed by atoms with Crippen LogP contribution in [0.5, 0.6) is 0 Å². The molecule has 1 aliphatic carbocycles. The van der Waals surface area contributed by atoms with Gasteiger partial charge in [-0.3, -0.25) is 4.79 Å². The van der Waals surface area contributed by atoms with E-state index in [1.54, 1.807) is 11.3 Å². The van der Waals surface area contributed by atoms with Crippen molar-refractivity contribution in [1.29, 1.82) is 0 Å². The molecule has 88 valence electrons. The Kier molecular flexibility index (Phi) is 3.27. The summed E-state index contributed by atoms with van der Waals surface area (Å²) in [4.78, 5) is 14.2. The molecule has 0 aromatic carbocycles. The lowest BCUT2D eigenvalue weighted by Crippen LogP contribution is -2.44. The highest BCUT2D eigenvalue weighted by Crippen LogP contribution is 2.30. The van der Waals surface area contributed by atoms with Crippen molar-refractivity contribution in [1.82, 2.24) is 5.32 Å². The Morgan fingerprint density at radius 2 is 2.31 bits per heavy atom. The van der Waals surface area contributed by atoms with Crippen LogP contribution in [0.1, 0.15) is 40.4 Å². The number of halogens is 1. The third-order valence-corrected chi connectivity index (χ3v) is 4.66. The van der Waals surface area contributed by atoms with Gasteiger partial charge in [-0.25, -0.2) is 0 Å². The van der Waals surface area contributed by atoms with Crippen LogP contribution in [0.4, 0.5) is 0 Å². The minimum atomic E-state index is -0.340. The molecular formula is C12H16ClNOS. The van der Waals surface area contributed by atoms with E-state index in [0.717, 1.165) is 17.7 Å². The summed E-state index contributed by atoms with van der Waals surface area (Å²) in [6, 6.07) is 2.03. The predicted molar refractivity (Wildman–Crippen MR) is 68.6 cm³/mol. The Bertz CT molecular complexity index is 390. The third kappa shape index (κ3) is 2.41. The van der Waals surface area contributed by atoms with Gasteiger partial charge in [0, 0.05) is 16.3 Å². The van der Waals surface area contributed by atoms with Crippen LogP contribution in [0, 0.1) is 0 Å². The molecular weight excluding hydrogens is 242 g/mol. The first kappa shape index (κ1) is 11.9. The van der Waals surface area contributed by atoms with Crippen molar-refractivity contribution < 1.29 is 4.79 Å². The standard InChI is InChI=1S/C12H16ClNOS/c1-12(2,7-13)14-11(15)10-6-8-4-3-5-9(8)16-10/h6H,3-5,7H2,1-2H3,(H,14,15). The van der Waals surface area contributed by atoms with E-state index in [9.17, 15) is 4.79 Å². The van der Waals surface area contributed by atoms with Gasteiger partial charge in [-0.15, -0.1) is 22.9 Å². The first-order chi connectivity index (χ1) is 7.52. The second-order valence-electron chi connectivity index (χ2n) is 4.88. The maximum absolute atomic E-state index is 12.0. The highest BCUT2D eigenvalue weighted by Gasteiger charge is 2.23. The number of amides is 1. The number of rotatable bonds is 3. The van der Waals surface area contributed by atoms with Crippen molar-refractivity contribution in [3.8, 4) is 0 Å². The normalized spacial score (nSPS) is 14.9. The summed E-state index contributed by atoms with van der Waals surface area (Å²) in [5.41, 5.74) is 1.02. The topological polar surface area (TPSA) is 29.1 Å². The quantitative estimate of drug-likeness (QED) is 0.829. The molecule has 1 aliphatic rings. The monoisotopic (exact) mass is 257 g/mol. The fourth-order valence-electron chi connectivity index (χ4n) is 1.84. The molecule has 0 atom stereocenters. The molecule has 0 unspecified atom stereocenters. The number of aryl methyl sites for hydroxylation is 2. The molecule has 1 aromatic heterocycles. The summed E-state index contributed by atoms with van der Waals surface area (Å²) in [5.74, 6) is 0.425. The molecule has 4 heteroatoms. The molecule has 2 nitrogen and oxygen atoms in total. The van der Waals surface area contributed by atoms with E-state index in [4.69, 9.17) is 11.6 Å². The Morgan fingerprint density at radius 1 is 1.56 bits per heavy atom. The molecule has 0 aliphatic heterocycles. The SMILES string of the molecule is CC(C)(CCl)NC(=O)c1cc2c(s1)CCC2. The molecule has 0 bridgehead atoms. The fourth-order valence-corrected chi connectivity index (χ4v) is 3.06. The minimum Gasteiger partial charge on any atom is -0.345 e. The number of hydrogen-bond acceptors (Lipinski definition) is 2. The minimum absolute atomic E-state index is 0.00468. The molecule has 0 fully saturated rings. The summed E-state index contributed by atoms with van der Waals surface area (Å²) < 4.78 is 0. The zero-order valence-electron chi connectivity index (χ0n) is 9.60. The van der Waals surface area contributed by atoms with Crippen LogP contribution in [0.3, 0.4) is 0 Å². The maximum Gasteiger partial charge on any atom is 0.261 e. The smallest absolute Gasteiger partial charge is 0.261 e. The van der Waals surface area contributed by atoms with E-state index in [0.29, 0.717) is 5.88 Å². The zero-order valence-corrected chi connectivity index (χ0v) is 11.2. The molecule has 1 heterocycles. The second-order valence-corrected chi connectivity index (χ2v) is 6.29. The number of carbonyl (C=O) groups is 1. The molecule has 0 saturated heterocycles. The van der Waals surface area contributed by atoms with Crippen molar-refractivity contribution in [2.45, 2.75) is 38.6 Å². The highest BCUT2D eigenvalue weighted by atomic mass is 35.5. The Balaban J connectivity index is 2.10. The van der Waals surface area contributed by atoms with Crippen LogP contribution in [0.25, 0.3) is 0 Å². The van der Waals surface area contributed by atoms with Gasteiger partial charge in [-0.05, 0) is 44.7 Å². The van der Waals surface area contributed by atoms with E-state index < -0.39 is 0 Å². The van der Waals surface area contributed by atoms with E-state index in [1.807, 2.05) is 19.9 Å². The summed E-state index contributed by atoms with van der Waals surface area (Å²) in [6.45, 7) is 3.86. The van der Waals surface area contributed by atoms with Crippen molar-refractivity contribution in [2.24, 2.45) is 0 Å². The van der Waals surface area contributed by atoms with Crippen LogP contribution in [-0.4, -0.2) is 17.3 Å². The van der Waals surface area contributed by atoms with E-state index in [2.05, 4.69) is 5.32 Å². The highest BCUT2D eigenvalue weighted by molar-refractivity contribution is 7.14. The van der Waals surface area contributed by atoms with Crippen molar-refractivity contribution in [3.63, 3.8) is 0 Å². The first-order valence-electron chi connectivity index (χ1n) is 5.52. The van der Waals surface area contributed by atoms with Gasteiger partial charge in [0.1, 0.15) is 0 Å². The van der Waals surface area contributed by atoms with E-state index in [-0.39, 0.29) is 11.4 Å². The third-order valence-electron chi connectivity index (χ3n) is 2.76. The maximum atomic E-state index is 12.0. The summed E-state index contributed by atoms with van der Waals surface area (Å²) in [5, 5.41) is 2.95. The Hall–Kier alpha value is -0.540. The molecule has 16 heavy (non-hydrogen) atoms. The zero-order chi connectivity index (χ0) is 11.8. The van der Waals surface area contributed by atoms with Gasteiger partial charge in [0.05, 0.1) is 4.88 Å². The number of nitrogens with one attached hydrogen (secondary N) is 1. The van der Waals surface area contributed by atoms with Crippen molar-refractivity contribution in [3.05, 3.63) is 21.4 Å². The van der Waals surface area contributed by atoms with Gasteiger partial charge >= 0.3 is 0 Å². The van der Waals surface area contributed by atoms with Gasteiger partial charge in [-0.2, -0.15) is 0 Å². The molecule has 0 spiro atoms. The largest absolute Gasteiger partial charge is 0.345 e. The number of carbonyl (C=O) groups excluding carboxylic acids is 1. The van der Waals surface area contributed by atoms with Crippen LogP contribution in [-0.2, 0) is 12.8 Å². The van der Waals surface area contributed by atoms with E-state index >= 15 is 0 Å². The molecule has 1 aromatic rings. The van der Waals surface area contributed by atoms with Gasteiger partial charge in [0.25, 0.3) is 5.91 Å². The van der Waals surface area contributed by atoms with Crippen LogP contribution in [0.2, 0.25) is 0 Å². The van der Waals surface area contributed by atoms with E-state index in [1.165, 1.54) is 16.9 Å². The summed E-state index contributed by atoms with van der Waals surface area (Å²) >= 11 is 7.41. The molecule has 0 radical (unpaired) electrons. The van der Waals surface area contributed by atoms with Gasteiger partial charge in [0.2, 0.25) is 0 Å². The lowest BCUT2D eigenvalue weighted by Gasteiger charge is -2.22. The lowest BCUT2D eigenvalue weighted by atomic mass is 10.1. The van der Waals surface area contributed by atoms with Gasteiger partial charge < -0.3 is 5.32 Å². The van der Waals surface area contributed by atoms with Gasteiger partial charge in [0.15, 0.2) is 0 Å². The fraction of sp³-hybridized carbons (Fsp3) is 0.583. The number of alkyl halides is 1. The average molecular weight is 258 g/mol. The predicted octanol–water partition coefficient (Wildman–Crippen LogP) is 2.98. The summed E-state index contributed by atoms with van der Waals surface area (Å²) in [7, 11) is 0. The number of thiophene rings is 1. The molecule has 0 saturated carbocycles. The van der Waals surface area contributed by atoms with Crippen LogP contribution >= 0.6 is 22.9 Å². The second kappa shape index (κ2) is 4.38. The molecule has 2 rings (SSSR count). The number of hydrogen-bond donors (Lipinski definition) is 1. The summed E-state index contributed by atoms with van der Waals surface area (Å²) in [6.07, 6.45) is 3.49. The van der Waals surface area contributed by atoms with Crippen molar-refractivity contribution >= 4 is 28.8 Å². The Morgan fingerprint density at radius 3 is 2.94 bits per heavy atom. The van der Waals surface area contributed by atoms with Crippen LogP contribution < -0.4 is 5.32 Å². The molecule has 1 N–H and O–H groups in total. The van der Waals surface area contributed by atoms with Gasteiger partial charge in [-0.1, -0.05) is 0 Å².